The van der Waals surface area contributed by atoms with E-state index in [1.165, 1.54) is 25.7 Å². The highest BCUT2D eigenvalue weighted by atomic mass is 32.2. The van der Waals surface area contributed by atoms with Crippen LogP contribution in [0.4, 0.5) is 0 Å². The molecule has 0 unspecified atom stereocenters. The molecule has 0 aromatic carbocycles. The van der Waals surface area contributed by atoms with Gasteiger partial charge >= 0.3 is 0 Å². The van der Waals surface area contributed by atoms with Crippen molar-refractivity contribution in [2.24, 2.45) is 0 Å². The average Bonchev–Trinajstić information content (AvgIpc) is 2.20. The van der Waals surface area contributed by atoms with Crippen molar-refractivity contribution in [2.45, 2.75) is 51.5 Å². The van der Waals surface area contributed by atoms with E-state index in [4.69, 9.17) is 0 Å². The molecule has 90 valence electrons. The van der Waals surface area contributed by atoms with Crippen LogP contribution in [-0.2, 0) is 9.84 Å². The largest absolute Gasteiger partial charge is 0.314 e. The number of nitrogens with one attached hydrogen (secondary N) is 1. The minimum atomic E-state index is -2.69. The molecule has 0 amide bonds. The molecule has 3 nitrogen and oxygen atoms in total. The fourth-order valence-electron chi connectivity index (χ4n) is 1.95. The van der Waals surface area contributed by atoms with Gasteiger partial charge in [0.25, 0.3) is 0 Å². The summed E-state index contributed by atoms with van der Waals surface area (Å²) in [4.78, 5) is 0. The highest BCUT2D eigenvalue weighted by molar-refractivity contribution is 7.91. The van der Waals surface area contributed by atoms with Crippen molar-refractivity contribution in [1.82, 2.24) is 5.32 Å². The number of hydrogen-bond acceptors (Lipinski definition) is 3. The second kappa shape index (κ2) is 6.48. The van der Waals surface area contributed by atoms with E-state index in [2.05, 4.69) is 12.2 Å². The van der Waals surface area contributed by atoms with Gasteiger partial charge in [-0.1, -0.05) is 26.2 Å². The zero-order valence-electron chi connectivity index (χ0n) is 9.67. The highest BCUT2D eigenvalue weighted by Gasteiger charge is 2.22. The van der Waals surface area contributed by atoms with Crippen molar-refractivity contribution in [1.29, 1.82) is 0 Å². The molecule has 0 radical (unpaired) electrons. The Bertz CT molecular complexity index is 248. The van der Waals surface area contributed by atoms with E-state index in [9.17, 15) is 8.42 Å². The van der Waals surface area contributed by atoms with Crippen LogP contribution in [0.15, 0.2) is 0 Å². The van der Waals surface area contributed by atoms with Crippen LogP contribution >= 0.6 is 0 Å². The van der Waals surface area contributed by atoms with Crippen LogP contribution in [0.5, 0.6) is 0 Å². The molecule has 4 heteroatoms. The van der Waals surface area contributed by atoms with Gasteiger partial charge in [0, 0.05) is 6.04 Å². The Balaban J connectivity index is 2.04. The third-order valence-electron chi connectivity index (χ3n) is 3.02. The number of rotatable bonds is 6. The first-order valence-electron chi connectivity index (χ1n) is 6.08. The number of sulfone groups is 1. The summed E-state index contributed by atoms with van der Waals surface area (Å²) in [5.74, 6) is 0.749. The molecular formula is C11H23NO2S. The lowest BCUT2D eigenvalue weighted by Crippen LogP contribution is -2.37. The first-order valence-corrected chi connectivity index (χ1v) is 7.90. The molecule has 1 aliphatic rings. The molecule has 1 saturated heterocycles. The fourth-order valence-corrected chi connectivity index (χ4v) is 3.44. The summed E-state index contributed by atoms with van der Waals surface area (Å²) < 4.78 is 22.4. The maximum atomic E-state index is 11.2. The van der Waals surface area contributed by atoms with Crippen molar-refractivity contribution in [2.75, 3.05) is 18.1 Å². The van der Waals surface area contributed by atoms with Crippen LogP contribution in [0.3, 0.4) is 0 Å². The van der Waals surface area contributed by atoms with Crippen LogP contribution in [0.25, 0.3) is 0 Å². The van der Waals surface area contributed by atoms with E-state index in [0.717, 1.165) is 19.4 Å². The smallest absolute Gasteiger partial charge is 0.150 e. The molecule has 0 atom stereocenters. The van der Waals surface area contributed by atoms with Crippen molar-refractivity contribution in [3.8, 4) is 0 Å². The second-order valence-corrected chi connectivity index (χ2v) is 6.74. The molecule has 1 rings (SSSR count). The van der Waals surface area contributed by atoms with Crippen LogP contribution in [0.1, 0.15) is 45.4 Å². The molecule has 1 fully saturated rings. The lowest BCUT2D eigenvalue weighted by Gasteiger charge is -2.23. The minimum Gasteiger partial charge on any atom is -0.314 e. The molecule has 0 aromatic heterocycles. The van der Waals surface area contributed by atoms with Crippen molar-refractivity contribution < 1.29 is 8.42 Å². The Morgan fingerprint density at radius 3 is 2.40 bits per heavy atom. The Morgan fingerprint density at radius 2 is 1.80 bits per heavy atom. The summed E-state index contributed by atoms with van der Waals surface area (Å²) in [7, 11) is -2.69. The summed E-state index contributed by atoms with van der Waals surface area (Å²) in [5.41, 5.74) is 0. The van der Waals surface area contributed by atoms with Gasteiger partial charge in [0.05, 0.1) is 11.5 Å². The standard InChI is InChI=1S/C11H23NO2S/c1-2-3-4-5-8-12-11-6-9-15(13,14)10-7-11/h11-12H,2-10H2,1H3. The third kappa shape index (κ3) is 5.52. The molecule has 1 heterocycles. The molecule has 0 aliphatic carbocycles. The molecule has 1 N–H and O–H groups in total. The van der Waals surface area contributed by atoms with Gasteiger partial charge in [-0.05, 0) is 25.8 Å². The first-order chi connectivity index (χ1) is 7.14. The van der Waals surface area contributed by atoms with Gasteiger partial charge in [-0.25, -0.2) is 8.42 Å². The van der Waals surface area contributed by atoms with E-state index >= 15 is 0 Å². The van der Waals surface area contributed by atoms with E-state index in [1.807, 2.05) is 0 Å². The van der Waals surface area contributed by atoms with E-state index in [0.29, 0.717) is 17.5 Å². The average molecular weight is 233 g/mol. The van der Waals surface area contributed by atoms with Gasteiger partial charge in [-0.3, -0.25) is 0 Å². The van der Waals surface area contributed by atoms with Crippen LogP contribution in [-0.4, -0.2) is 32.5 Å². The summed E-state index contributed by atoms with van der Waals surface area (Å²) >= 11 is 0. The normalized spacial score (nSPS) is 21.7. The van der Waals surface area contributed by atoms with Gasteiger partial charge in [-0.15, -0.1) is 0 Å². The SMILES string of the molecule is CCCCCCNC1CCS(=O)(=O)CC1. The van der Waals surface area contributed by atoms with Gasteiger partial charge in [0.2, 0.25) is 0 Å². The van der Waals surface area contributed by atoms with Gasteiger partial charge in [-0.2, -0.15) is 0 Å². The molecule has 1 aliphatic heterocycles. The minimum absolute atomic E-state index is 0.375. The molecule has 0 spiro atoms. The van der Waals surface area contributed by atoms with Crippen LogP contribution < -0.4 is 5.32 Å². The molecule has 0 saturated carbocycles. The van der Waals surface area contributed by atoms with E-state index < -0.39 is 9.84 Å². The summed E-state index contributed by atoms with van der Waals surface area (Å²) in [6.45, 7) is 3.25. The predicted octanol–water partition coefficient (Wildman–Crippen LogP) is 1.73. The number of unbranched alkanes of at least 4 members (excludes halogenated alkanes) is 3. The summed E-state index contributed by atoms with van der Waals surface area (Å²) in [6, 6.07) is 0.440. The molecule has 15 heavy (non-hydrogen) atoms. The monoisotopic (exact) mass is 233 g/mol. The maximum Gasteiger partial charge on any atom is 0.150 e. The zero-order chi connectivity index (χ0) is 11.1. The van der Waals surface area contributed by atoms with Crippen LogP contribution in [0, 0.1) is 0 Å². The molecular weight excluding hydrogens is 210 g/mol. The summed E-state index contributed by atoms with van der Waals surface area (Å²) in [6.07, 6.45) is 6.68. The topological polar surface area (TPSA) is 46.2 Å². The Hall–Kier alpha value is -0.0900. The fraction of sp³-hybridized carbons (Fsp3) is 1.00. The van der Waals surface area contributed by atoms with Gasteiger partial charge in [0.1, 0.15) is 9.84 Å². The van der Waals surface area contributed by atoms with E-state index in [-0.39, 0.29) is 0 Å². The Kier molecular flexibility index (Phi) is 5.61. The van der Waals surface area contributed by atoms with E-state index in [1.54, 1.807) is 0 Å². The predicted molar refractivity (Wildman–Crippen MR) is 63.8 cm³/mol. The zero-order valence-corrected chi connectivity index (χ0v) is 10.5. The lowest BCUT2D eigenvalue weighted by atomic mass is 10.1. The number of hydrogen-bond donors (Lipinski definition) is 1. The second-order valence-electron chi connectivity index (χ2n) is 4.44. The lowest BCUT2D eigenvalue weighted by molar-refractivity contribution is 0.453. The summed E-state index contributed by atoms with van der Waals surface area (Å²) in [5, 5.41) is 3.45. The quantitative estimate of drug-likeness (QED) is 0.711. The van der Waals surface area contributed by atoms with Gasteiger partial charge < -0.3 is 5.32 Å². The molecule has 0 bridgehead atoms. The Morgan fingerprint density at radius 1 is 1.13 bits per heavy atom. The van der Waals surface area contributed by atoms with Crippen LogP contribution in [0.2, 0.25) is 0 Å². The van der Waals surface area contributed by atoms with Crippen molar-refractivity contribution in [3.63, 3.8) is 0 Å². The first kappa shape index (κ1) is 13.0. The highest BCUT2D eigenvalue weighted by Crippen LogP contribution is 2.12. The van der Waals surface area contributed by atoms with Crippen molar-refractivity contribution in [3.05, 3.63) is 0 Å². The van der Waals surface area contributed by atoms with Crippen molar-refractivity contribution >= 4 is 9.84 Å². The molecule has 0 aromatic rings. The maximum absolute atomic E-state index is 11.2. The third-order valence-corrected chi connectivity index (χ3v) is 4.73. The van der Waals surface area contributed by atoms with Gasteiger partial charge in [0.15, 0.2) is 0 Å². The Labute approximate surface area is 93.6 Å².